The molecule has 0 atom stereocenters. The standard InChI is InChI=1S/C16H20N2S2/c1-2-5-15(6-3-1)7-4-8-16(19-11-12-20-16)13-18-10-9-17-14-18/h1-3,5-6,9-10,14H,4,7-8,11-13H2. The third-order valence-electron chi connectivity index (χ3n) is 3.66. The van der Waals surface area contributed by atoms with Crippen LogP contribution >= 0.6 is 23.5 Å². The van der Waals surface area contributed by atoms with E-state index in [0.717, 1.165) is 6.54 Å². The summed E-state index contributed by atoms with van der Waals surface area (Å²) in [6.07, 6.45) is 9.63. The fourth-order valence-electron chi connectivity index (χ4n) is 2.68. The van der Waals surface area contributed by atoms with Gasteiger partial charge < -0.3 is 4.57 Å². The van der Waals surface area contributed by atoms with Crippen molar-refractivity contribution < 1.29 is 0 Å². The number of hydrogen-bond acceptors (Lipinski definition) is 3. The highest BCUT2D eigenvalue weighted by Crippen LogP contribution is 2.48. The second kappa shape index (κ2) is 6.72. The molecule has 0 radical (unpaired) electrons. The zero-order valence-corrected chi connectivity index (χ0v) is 13.2. The quantitative estimate of drug-likeness (QED) is 0.801. The summed E-state index contributed by atoms with van der Waals surface area (Å²) in [6, 6.07) is 10.8. The van der Waals surface area contributed by atoms with Gasteiger partial charge in [-0.2, -0.15) is 0 Å². The first kappa shape index (κ1) is 14.1. The smallest absolute Gasteiger partial charge is 0.0946 e. The number of thioether (sulfide) groups is 2. The molecule has 1 saturated heterocycles. The number of benzene rings is 1. The Bertz CT molecular complexity index is 505. The summed E-state index contributed by atoms with van der Waals surface area (Å²) >= 11 is 4.28. The molecule has 0 unspecified atom stereocenters. The van der Waals surface area contributed by atoms with Crippen LogP contribution < -0.4 is 0 Å². The number of imidazole rings is 1. The number of nitrogens with zero attached hydrogens (tertiary/aromatic N) is 2. The van der Waals surface area contributed by atoms with Gasteiger partial charge in [0.15, 0.2) is 0 Å². The Hall–Kier alpha value is -0.870. The van der Waals surface area contributed by atoms with Gasteiger partial charge in [0.1, 0.15) is 0 Å². The van der Waals surface area contributed by atoms with Gasteiger partial charge in [0.05, 0.1) is 10.4 Å². The molecule has 4 heteroatoms. The minimum Gasteiger partial charge on any atom is -0.335 e. The minimum atomic E-state index is 0.357. The lowest BCUT2D eigenvalue weighted by atomic mass is 10.1. The van der Waals surface area contributed by atoms with Gasteiger partial charge in [0, 0.05) is 30.4 Å². The van der Waals surface area contributed by atoms with Crippen LogP contribution in [0.15, 0.2) is 49.1 Å². The predicted octanol–water partition coefficient (Wildman–Crippen LogP) is 4.08. The molecule has 2 nitrogen and oxygen atoms in total. The number of aromatic nitrogens is 2. The Balaban J connectivity index is 1.57. The minimum absolute atomic E-state index is 0.357. The second-order valence-electron chi connectivity index (χ2n) is 5.18. The lowest BCUT2D eigenvalue weighted by molar-refractivity contribution is 0.572. The molecule has 1 aliphatic heterocycles. The van der Waals surface area contributed by atoms with Gasteiger partial charge >= 0.3 is 0 Å². The van der Waals surface area contributed by atoms with Crippen LogP contribution in [-0.2, 0) is 13.0 Å². The van der Waals surface area contributed by atoms with E-state index in [1.54, 1.807) is 0 Å². The van der Waals surface area contributed by atoms with E-state index in [-0.39, 0.29) is 0 Å². The molecule has 0 spiro atoms. The molecule has 20 heavy (non-hydrogen) atoms. The first-order chi connectivity index (χ1) is 9.86. The van der Waals surface area contributed by atoms with Gasteiger partial charge in [-0.15, -0.1) is 23.5 Å². The second-order valence-corrected chi connectivity index (χ2v) is 8.40. The molecule has 2 aromatic rings. The molecule has 0 amide bonds. The van der Waals surface area contributed by atoms with E-state index in [1.807, 2.05) is 12.5 Å². The lowest BCUT2D eigenvalue weighted by Gasteiger charge is -2.27. The molecule has 1 aromatic heterocycles. The van der Waals surface area contributed by atoms with Crippen LogP contribution in [0.5, 0.6) is 0 Å². The Kier molecular flexibility index (Phi) is 4.73. The average molecular weight is 304 g/mol. The van der Waals surface area contributed by atoms with Gasteiger partial charge in [-0.05, 0) is 24.8 Å². The molecule has 0 saturated carbocycles. The molecule has 1 aromatic carbocycles. The van der Waals surface area contributed by atoms with E-state index in [1.165, 1.54) is 36.3 Å². The maximum Gasteiger partial charge on any atom is 0.0946 e. The molecule has 1 fully saturated rings. The van der Waals surface area contributed by atoms with E-state index in [4.69, 9.17) is 0 Å². The van der Waals surface area contributed by atoms with Crippen molar-refractivity contribution in [3.63, 3.8) is 0 Å². The van der Waals surface area contributed by atoms with Crippen LogP contribution in [-0.4, -0.2) is 25.1 Å². The van der Waals surface area contributed by atoms with E-state index in [2.05, 4.69) is 69.6 Å². The van der Waals surface area contributed by atoms with Crippen LogP contribution in [0.2, 0.25) is 0 Å². The van der Waals surface area contributed by atoms with Crippen LogP contribution in [0.4, 0.5) is 0 Å². The third kappa shape index (κ3) is 3.61. The van der Waals surface area contributed by atoms with E-state index in [0.29, 0.717) is 4.08 Å². The summed E-state index contributed by atoms with van der Waals surface area (Å²) in [7, 11) is 0. The molecule has 0 N–H and O–H groups in total. The molecule has 1 aliphatic rings. The van der Waals surface area contributed by atoms with Gasteiger partial charge in [-0.3, -0.25) is 0 Å². The third-order valence-corrected chi connectivity index (χ3v) is 7.16. The van der Waals surface area contributed by atoms with Crippen molar-refractivity contribution in [3.05, 3.63) is 54.6 Å². The first-order valence-corrected chi connectivity index (χ1v) is 9.11. The van der Waals surface area contributed by atoms with Crippen LogP contribution in [0.1, 0.15) is 18.4 Å². The zero-order chi connectivity index (χ0) is 13.7. The van der Waals surface area contributed by atoms with Crippen LogP contribution in [0.25, 0.3) is 0 Å². The zero-order valence-electron chi connectivity index (χ0n) is 11.6. The maximum atomic E-state index is 4.17. The van der Waals surface area contributed by atoms with E-state index >= 15 is 0 Å². The SMILES string of the molecule is c1ccc(CCCC2(Cn3ccnc3)SCCS2)cc1. The highest BCUT2D eigenvalue weighted by atomic mass is 32.2. The Morgan fingerprint density at radius 2 is 1.95 bits per heavy atom. The Morgan fingerprint density at radius 1 is 1.15 bits per heavy atom. The largest absolute Gasteiger partial charge is 0.335 e. The normalized spacial score (nSPS) is 17.4. The van der Waals surface area contributed by atoms with Gasteiger partial charge in [0.2, 0.25) is 0 Å². The highest BCUT2D eigenvalue weighted by Gasteiger charge is 2.35. The number of rotatable bonds is 6. The average Bonchev–Trinajstić information content (AvgIpc) is 3.13. The first-order valence-electron chi connectivity index (χ1n) is 7.14. The fourth-order valence-corrected chi connectivity index (χ4v) is 5.98. The fraction of sp³-hybridized carbons (Fsp3) is 0.438. The monoisotopic (exact) mass is 304 g/mol. The summed E-state index contributed by atoms with van der Waals surface area (Å²) in [6.45, 7) is 1.08. The molecule has 3 rings (SSSR count). The van der Waals surface area contributed by atoms with Gasteiger partial charge in [-0.25, -0.2) is 4.98 Å². The molecule has 0 bridgehead atoms. The lowest BCUT2D eigenvalue weighted by Crippen LogP contribution is -2.24. The summed E-state index contributed by atoms with van der Waals surface area (Å²) < 4.78 is 2.59. The Labute approximate surface area is 129 Å². The van der Waals surface area contributed by atoms with Crippen molar-refractivity contribution in [2.75, 3.05) is 11.5 Å². The molecule has 2 heterocycles. The van der Waals surface area contributed by atoms with E-state index < -0.39 is 0 Å². The van der Waals surface area contributed by atoms with Crippen molar-refractivity contribution >= 4 is 23.5 Å². The topological polar surface area (TPSA) is 17.8 Å². The molecule has 106 valence electrons. The summed E-state index contributed by atoms with van der Waals surface area (Å²) in [4.78, 5) is 4.17. The number of hydrogen-bond donors (Lipinski definition) is 0. The van der Waals surface area contributed by atoms with Crippen molar-refractivity contribution in [2.24, 2.45) is 0 Å². The summed E-state index contributed by atoms with van der Waals surface area (Å²) in [5.74, 6) is 2.56. The van der Waals surface area contributed by atoms with Gasteiger partial charge in [0.25, 0.3) is 0 Å². The van der Waals surface area contributed by atoms with Crippen LogP contribution in [0, 0.1) is 0 Å². The predicted molar refractivity (Wildman–Crippen MR) is 89.3 cm³/mol. The van der Waals surface area contributed by atoms with E-state index in [9.17, 15) is 0 Å². The Morgan fingerprint density at radius 3 is 2.65 bits per heavy atom. The van der Waals surface area contributed by atoms with Crippen molar-refractivity contribution in [1.29, 1.82) is 0 Å². The van der Waals surface area contributed by atoms with Crippen molar-refractivity contribution in [3.8, 4) is 0 Å². The van der Waals surface area contributed by atoms with Gasteiger partial charge in [-0.1, -0.05) is 30.3 Å². The van der Waals surface area contributed by atoms with Crippen molar-refractivity contribution in [1.82, 2.24) is 9.55 Å². The maximum absolute atomic E-state index is 4.17. The molecular formula is C16H20N2S2. The summed E-state index contributed by atoms with van der Waals surface area (Å²) in [5, 5.41) is 0. The van der Waals surface area contributed by atoms with Crippen molar-refractivity contribution in [2.45, 2.75) is 29.9 Å². The number of aryl methyl sites for hydroxylation is 1. The van der Waals surface area contributed by atoms with Crippen LogP contribution in [0.3, 0.4) is 0 Å². The summed E-state index contributed by atoms with van der Waals surface area (Å²) in [5.41, 5.74) is 1.46. The highest BCUT2D eigenvalue weighted by molar-refractivity contribution is 8.21. The molecular weight excluding hydrogens is 284 g/mol. The molecule has 0 aliphatic carbocycles.